The van der Waals surface area contributed by atoms with Gasteiger partial charge in [-0.2, -0.15) is 0 Å². The summed E-state index contributed by atoms with van der Waals surface area (Å²) in [5.41, 5.74) is 0. The van der Waals surface area contributed by atoms with E-state index in [-0.39, 0.29) is 0 Å². The van der Waals surface area contributed by atoms with E-state index >= 15 is 0 Å². The lowest BCUT2D eigenvalue weighted by molar-refractivity contribution is -0.137. The molecule has 0 aromatic heterocycles. The molecule has 1 unspecified atom stereocenters. The molecule has 3 heteroatoms. The first kappa shape index (κ1) is 16.5. The topological polar surface area (TPSA) is 49.8 Å². The maximum Gasteiger partial charge on any atom is 0.303 e. The highest BCUT2D eigenvalue weighted by atomic mass is 16.6. The first-order chi connectivity index (χ1) is 9.74. The first-order valence-electron chi connectivity index (χ1n) is 7.60. The minimum Gasteiger partial charge on any atom is -0.483 e. The minimum absolute atomic E-state index is 0.304. The molecule has 1 aliphatic heterocycles. The van der Waals surface area contributed by atoms with Crippen LogP contribution in [-0.2, 0) is 9.53 Å². The Hall–Kier alpha value is -1.51. The van der Waals surface area contributed by atoms with E-state index in [4.69, 9.17) is 9.84 Å². The molecule has 0 amide bonds. The van der Waals surface area contributed by atoms with Crippen LogP contribution >= 0.6 is 0 Å². The Balaban J connectivity index is 1.93. The highest BCUT2D eigenvalue weighted by Gasteiger charge is 2.30. The van der Waals surface area contributed by atoms with Crippen LogP contribution in [0.15, 0.2) is 36.1 Å². The molecule has 1 fully saturated rings. The number of carboxylic acids is 1. The van der Waals surface area contributed by atoms with Crippen LogP contribution in [0, 0.1) is 0 Å². The number of rotatable bonds is 11. The van der Waals surface area contributed by atoms with Gasteiger partial charge in [-0.05, 0) is 38.7 Å². The lowest BCUT2D eigenvalue weighted by Gasteiger charge is -1.98. The largest absolute Gasteiger partial charge is 0.483 e. The van der Waals surface area contributed by atoms with Crippen LogP contribution in [0.25, 0.3) is 0 Å². The predicted molar refractivity (Wildman–Crippen MR) is 81.5 cm³/mol. The number of hydrogen-bond acceptors (Lipinski definition) is 2. The second kappa shape index (κ2) is 10.3. The van der Waals surface area contributed by atoms with Gasteiger partial charge in [0.2, 0.25) is 0 Å². The SMILES string of the molecule is C/C=C\C/C=C\C=C1/OC1CCCCCCCC(=O)O. The van der Waals surface area contributed by atoms with Gasteiger partial charge in [0, 0.05) is 6.42 Å². The second-order valence-electron chi connectivity index (χ2n) is 5.11. The summed E-state index contributed by atoms with van der Waals surface area (Å²) in [5.74, 6) is 0.418. The summed E-state index contributed by atoms with van der Waals surface area (Å²) >= 11 is 0. The highest BCUT2D eigenvalue weighted by Crippen LogP contribution is 2.31. The molecule has 1 rings (SSSR count). The molecule has 0 saturated carbocycles. The third-order valence-electron chi connectivity index (χ3n) is 3.30. The van der Waals surface area contributed by atoms with Gasteiger partial charge < -0.3 is 9.84 Å². The number of carboxylic acid groups (broad SMARTS) is 1. The fourth-order valence-electron chi connectivity index (χ4n) is 2.07. The molecule has 0 bridgehead atoms. The zero-order valence-electron chi connectivity index (χ0n) is 12.4. The molecule has 1 heterocycles. The number of ether oxygens (including phenoxy) is 1. The summed E-state index contributed by atoms with van der Waals surface area (Å²) in [4.78, 5) is 10.3. The maximum atomic E-state index is 10.3. The summed E-state index contributed by atoms with van der Waals surface area (Å²) in [6.07, 6.45) is 18.4. The first-order valence-corrected chi connectivity index (χ1v) is 7.60. The van der Waals surface area contributed by atoms with Crippen LogP contribution in [0.4, 0.5) is 0 Å². The van der Waals surface area contributed by atoms with Gasteiger partial charge in [-0.15, -0.1) is 0 Å². The molecule has 0 radical (unpaired) electrons. The zero-order chi connectivity index (χ0) is 14.6. The Morgan fingerprint density at radius 1 is 1.20 bits per heavy atom. The van der Waals surface area contributed by atoms with E-state index in [1.807, 2.05) is 13.0 Å². The van der Waals surface area contributed by atoms with Crippen LogP contribution < -0.4 is 0 Å². The van der Waals surface area contributed by atoms with Crippen LogP contribution in [0.1, 0.15) is 58.3 Å². The number of aliphatic carboxylic acids is 1. The van der Waals surface area contributed by atoms with Crippen molar-refractivity contribution in [3.8, 4) is 0 Å². The smallest absolute Gasteiger partial charge is 0.303 e. The van der Waals surface area contributed by atoms with Gasteiger partial charge in [0.25, 0.3) is 0 Å². The van der Waals surface area contributed by atoms with Crippen molar-refractivity contribution in [1.29, 1.82) is 0 Å². The normalized spacial score (nSPS) is 19.9. The monoisotopic (exact) mass is 278 g/mol. The lowest BCUT2D eigenvalue weighted by Crippen LogP contribution is -1.93. The Bertz CT molecular complexity index is 366. The molecule has 20 heavy (non-hydrogen) atoms. The molecule has 1 saturated heterocycles. The van der Waals surface area contributed by atoms with Crippen LogP contribution in [0.2, 0.25) is 0 Å². The van der Waals surface area contributed by atoms with Crippen molar-refractivity contribution in [1.82, 2.24) is 0 Å². The summed E-state index contributed by atoms with van der Waals surface area (Å²) in [6, 6.07) is 0. The van der Waals surface area contributed by atoms with E-state index < -0.39 is 5.97 Å². The van der Waals surface area contributed by atoms with Crippen molar-refractivity contribution in [3.63, 3.8) is 0 Å². The van der Waals surface area contributed by atoms with Crippen molar-refractivity contribution in [2.24, 2.45) is 0 Å². The van der Waals surface area contributed by atoms with Gasteiger partial charge in [0.05, 0.1) is 0 Å². The minimum atomic E-state index is -0.686. The molecule has 0 aromatic rings. The van der Waals surface area contributed by atoms with Crippen molar-refractivity contribution in [2.45, 2.75) is 64.4 Å². The van der Waals surface area contributed by atoms with E-state index in [2.05, 4.69) is 24.3 Å². The van der Waals surface area contributed by atoms with Gasteiger partial charge in [-0.3, -0.25) is 4.79 Å². The van der Waals surface area contributed by atoms with Crippen molar-refractivity contribution in [2.75, 3.05) is 0 Å². The fraction of sp³-hybridized carbons (Fsp3) is 0.588. The number of carbonyl (C=O) groups is 1. The Labute approximate surface area is 122 Å². The Morgan fingerprint density at radius 2 is 1.95 bits per heavy atom. The van der Waals surface area contributed by atoms with Crippen LogP contribution in [0.5, 0.6) is 0 Å². The molecule has 3 nitrogen and oxygen atoms in total. The van der Waals surface area contributed by atoms with Crippen molar-refractivity contribution < 1.29 is 14.6 Å². The van der Waals surface area contributed by atoms with E-state index in [1.54, 1.807) is 0 Å². The summed E-state index contributed by atoms with van der Waals surface area (Å²) in [6.45, 7) is 2.02. The number of allylic oxidation sites excluding steroid dienone is 5. The number of hydrogen-bond donors (Lipinski definition) is 1. The average molecular weight is 278 g/mol. The third-order valence-corrected chi connectivity index (χ3v) is 3.30. The van der Waals surface area contributed by atoms with E-state index in [0.717, 1.165) is 44.3 Å². The summed E-state index contributed by atoms with van der Waals surface area (Å²) in [7, 11) is 0. The third kappa shape index (κ3) is 8.57. The fourth-order valence-corrected chi connectivity index (χ4v) is 2.07. The van der Waals surface area contributed by atoms with Gasteiger partial charge in [0.15, 0.2) is 6.10 Å². The van der Waals surface area contributed by atoms with E-state index in [1.165, 1.54) is 6.42 Å². The zero-order valence-corrected chi connectivity index (χ0v) is 12.4. The second-order valence-corrected chi connectivity index (χ2v) is 5.11. The van der Waals surface area contributed by atoms with E-state index in [0.29, 0.717) is 12.5 Å². The van der Waals surface area contributed by atoms with Gasteiger partial charge in [-0.25, -0.2) is 0 Å². The molecule has 1 atom stereocenters. The number of epoxide rings is 1. The molecule has 1 aliphatic rings. The molecule has 0 spiro atoms. The predicted octanol–water partition coefficient (Wildman–Crippen LogP) is 4.61. The summed E-state index contributed by atoms with van der Waals surface area (Å²) < 4.78 is 5.50. The van der Waals surface area contributed by atoms with Crippen LogP contribution in [0.3, 0.4) is 0 Å². The molecular weight excluding hydrogens is 252 g/mol. The molecule has 112 valence electrons. The highest BCUT2D eigenvalue weighted by molar-refractivity contribution is 5.66. The van der Waals surface area contributed by atoms with Crippen LogP contribution in [-0.4, -0.2) is 17.2 Å². The van der Waals surface area contributed by atoms with Gasteiger partial charge in [-0.1, -0.05) is 43.6 Å². The average Bonchev–Trinajstić information content (AvgIpc) is 3.15. The van der Waals surface area contributed by atoms with Gasteiger partial charge >= 0.3 is 5.97 Å². The van der Waals surface area contributed by atoms with E-state index in [9.17, 15) is 4.79 Å². The molecule has 0 aromatic carbocycles. The quantitative estimate of drug-likeness (QED) is 0.341. The molecule has 0 aliphatic carbocycles. The van der Waals surface area contributed by atoms with Crippen molar-refractivity contribution >= 4 is 5.97 Å². The summed E-state index contributed by atoms with van der Waals surface area (Å²) in [5, 5.41) is 8.51. The Kier molecular flexibility index (Phi) is 8.52. The molecule has 1 N–H and O–H groups in total. The van der Waals surface area contributed by atoms with Gasteiger partial charge in [0.1, 0.15) is 5.76 Å². The number of unbranched alkanes of at least 4 members (excludes halogenated alkanes) is 4. The van der Waals surface area contributed by atoms with Crippen molar-refractivity contribution in [3.05, 3.63) is 36.1 Å². The standard InChI is InChI=1S/C17H26O3/c1-2-3-4-6-9-12-15-16(20-15)13-10-7-5-8-11-14-17(18)19/h2-3,6,9,12,16H,4-5,7-8,10-11,13-14H2,1H3,(H,18,19)/b3-2-,9-6-,15-12-. The molecular formula is C17H26O3. The lowest BCUT2D eigenvalue weighted by atomic mass is 10.1. The maximum absolute atomic E-state index is 10.3. The Morgan fingerprint density at radius 3 is 2.70 bits per heavy atom.